The van der Waals surface area contributed by atoms with Crippen molar-refractivity contribution in [3.8, 4) is 11.5 Å². The first-order valence-electron chi connectivity index (χ1n) is 6.23. The Bertz CT molecular complexity index is 633. The van der Waals surface area contributed by atoms with Crippen molar-refractivity contribution in [2.24, 2.45) is 0 Å². The summed E-state index contributed by atoms with van der Waals surface area (Å²) >= 11 is 0. The van der Waals surface area contributed by atoms with Crippen molar-refractivity contribution in [1.82, 2.24) is 0 Å². The van der Waals surface area contributed by atoms with Gasteiger partial charge < -0.3 is 19.7 Å². The maximum Gasteiger partial charge on any atom is 0.339 e. The van der Waals surface area contributed by atoms with E-state index in [9.17, 15) is 9.59 Å². The average Bonchev–Trinajstić information content (AvgIpc) is 2.55. The summed E-state index contributed by atoms with van der Waals surface area (Å²) in [5.41, 5.74) is 0.625. The Labute approximate surface area is 127 Å². The predicted octanol–water partition coefficient (Wildman–Crippen LogP) is 2.57. The van der Waals surface area contributed by atoms with Crippen LogP contribution >= 0.6 is 0 Å². The zero-order chi connectivity index (χ0) is 16.5. The number of aromatic carboxylic acids is 1. The van der Waals surface area contributed by atoms with Gasteiger partial charge >= 0.3 is 11.9 Å². The van der Waals surface area contributed by atoms with Gasteiger partial charge in [0, 0.05) is 0 Å². The summed E-state index contributed by atoms with van der Waals surface area (Å²) in [5.74, 6) is -0.842. The van der Waals surface area contributed by atoms with E-state index in [0.29, 0.717) is 11.3 Å². The molecule has 0 unspecified atom stereocenters. The average molecular weight is 304 g/mol. The van der Waals surface area contributed by atoms with Crippen molar-refractivity contribution in [2.75, 3.05) is 14.2 Å². The van der Waals surface area contributed by atoms with E-state index >= 15 is 0 Å². The second kappa shape index (κ2) is 8.31. The topological polar surface area (TPSA) is 93.1 Å². The molecule has 116 valence electrons. The highest BCUT2D eigenvalue weighted by Gasteiger charge is 2.07. The molecule has 22 heavy (non-hydrogen) atoms. The molecular formula is C16H16O6. The third kappa shape index (κ3) is 4.82. The van der Waals surface area contributed by atoms with Crippen LogP contribution < -0.4 is 4.74 Å². The number of carboxylic acid groups (broad SMARTS) is 1. The molecule has 6 nitrogen and oxygen atoms in total. The summed E-state index contributed by atoms with van der Waals surface area (Å²) in [6, 6.07) is 12.4. The number of carbonyl (C=O) groups excluding carboxylic acids is 1. The van der Waals surface area contributed by atoms with Crippen LogP contribution in [0.2, 0.25) is 0 Å². The smallest absolute Gasteiger partial charge is 0.339 e. The minimum Gasteiger partial charge on any atom is -0.508 e. The minimum absolute atomic E-state index is 0.137. The Morgan fingerprint density at radius 1 is 0.955 bits per heavy atom. The van der Waals surface area contributed by atoms with Gasteiger partial charge in [-0.05, 0) is 36.4 Å². The second-order valence-electron chi connectivity index (χ2n) is 4.04. The lowest BCUT2D eigenvalue weighted by molar-refractivity contribution is 0.0599. The molecule has 2 N–H and O–H groups in total. The zero-order valence-electron chi connectivity index (χ0n) is 12.1. The lowest BCUT2D eigenvalue weighted by Gasteiger charge is -2.01. The highest BCUT2D eigenvalue weighted by atomic mass is 16.5. The Morgan fingerprint density at radius 3 is 2.00 bits per heavy atom. The molecule has 0 fully saturated rings. The lowest BCUT2D eigenvalue weighted by Crippen LogP contribution is -1.99. The molecule has 0 bridgehead atoms. The van der Waals surface area contributed by atoms with Crippen LogP contribution in [-0.4, -0.2) is 36.4 Å². The van der Waals surface area contributed by atoms with Gasteiger partial charge in [0.25, 0.3) is 0 Å². The van der Waals surface area contributed by atoms with Gasteiger partial charge in [-0.25, -0.2) is 9.59 Å². The fourth-order valence-corrected chi connectivity index (χ4v) is 1.54. The van der Waals surface area contributed by atoms with Crippen LogP contribution in [0.15, 0.2) is 48.5 Å². The second-order valence-corrected chi connectivity index (χ2v) is 4.04. The van der Waals surface area contributed by atoms with Gasteiger partial charge in [0.2, 0.25) is 0 Å². The number of phenols is 1. The first-order chi connectivity index (χ1) is 10.5. The van der Waals surface area contributed by atoms with Gasteiger partial charge in [-0.2, -0.15) is 0 Å². The van der Waals surface area contributed by atoms with Crippen LogP contribution in [-0.2, 0) is 4.74 Å². The van der Waals surface area contributed by atoms with E-state index in [1.807, 2.05) is 0 Å². The number of benzene rings is 2. The quantitative estimate of drug-likeness (QED) is 0.847. The molecule has 2 aromatic carbocycles. The molecule has 0 aliphatic carbocycles. The van der Waals surface area contributed by atoms with Crippen LogP contribution in [0.25, 0.3) is 0 Å². The number of phenolic OH excluding ortho intramolecular Hbond substituents is 1. The van der Waals surface area contributed by atoms with Gasteiger partial charge in [0.1, 0.15) is 17.1 Å². The first-order valence-corrected chi connectivity index (χ1v) is 6.23. The van der Waals surface area contributed by atoms with Crippen molar-refractivity contribution in [3.63, 3.8) is 0 Å². The monoisotopic (exact) mass is 304 g/mol. The number of ether oxygens (including phenoxy) is 2. The van der Waals surface area contributed by atoms with Crippen molar-refractivity contribution < 1.29 is 29.3 Å². The Hall–Kier alpha value is -3.02. The van der Waals surface area contributed by atoms with Crippen LogP contribution in [0.3, 0.4) is 0 Å². The van der Waals surface area contributed by atoms with E-state index < -0.39 is 11.9 Å². The number of carboxylic acids is 1. The third-order valence-electron chi connectivity index (χ3n) is 2.63. The fraction of sp³-hybridized carbons (Fsp3) is 0.125. The van der Waals surface area contributed by atoms with E-state index in [2.05, 4.69) is 4.74 Å². The molecule has 0 radical (unpaired) electrons. The summed E-state index contributed by atoms with van der Waals surface area (Å²) in [5, 5.41) is 17.5. The Balaban J connectivity index is 0.000000220. The van der Waals surface area contributed by atoms with Gasteiger partial charge in [-0.3, -0.25) is 0 Å². The summed E-state index contributed by atoms with van der Waals surface area (Å²) in [4.78, 5) is 21.3. The number of para-hydroxylation sites is 1. The minimum atomic E-state index is -0.970. The number of hydrogen-bond acceptors (Lipinski definition) is 5. The van der Waals surface area contributed by atoms with Crippen LogP contribution in [0.4, 0.5) is 0 Å². The highest BCUT2D eigenvalue weighted by Crippen LogP contribution is 2.16. The van der Waals surface area contributed by atoms with Gasteiger partial charge in [-0.15, -0.1) is 0 Å². The van der Waals surface area contributed by atoms with Crippen LogP contribution in [0, 0.1) is 0 Å². The standard InChI is InChI=1S/2C8H8O3/c1-11-8(10)6-2-4-7(9)5-3-6;1-11-7-5-3-2-4-6(7)8(9)10/h2-5,9H,1H3;2-5H,1H3,(H,9,10). The first kappa shape index (κ1) is 17.0. The van der Waals surface area contributed by atoms with Crippen molar-refractivity contribution in [1.29, 1.82) is 0 Å². The van der Waals surface area contributed by atoms with E-state index in [-0.39, 0.29) is 11.3 Å². The predicted molar refractivity (Wildman–Crippen MR) is 79.4 cm³/mol. The molecule has 0 atom stereocenters. The molecule has 0 saturated carbocycles. The Kier molecular flexibility index (Phi) is 6.43. The molecule has 0 aliphatic rings. The van der Waals surface area contributed by atoms with Crippen molar-refractivity contribution in [2.45, 2.75) is 0 Å². The van der Waals surface area contributed by atoms with Gasteiger partial charge in [0.05, 0.1) is 19.8 Å². The molecule has 0 heterocycles. The van der Waals surface area contributed by atoms with E-state index in [1.165, 1.54) is 44.6 Å². The summed E-state index contributed by atoms with van der Waals surface area (Å²) < 4.78 is 9.28. The molecule has 0 saturated heterocycles. The van der Waals surface area contributed by atoms with Crippen LogP contribution in [0.1, 0.15) is 20.7 Å². The summed E-state index contributed by atoms with van der Waals surface area (Å²) in [6.07, 6.45) is 0. The van der Waals surface area contributed by atoms with Crippen LogP contribution in [0.5, 0.6) is 11.5 Å². The summed E-state index contributed by atoms with van der Waals surface area (Å²) in [7, 11) is 2.76. The van der Waals surface area contributed by atoms with E-state index in [4.69, 9.17) is 14.9 Å². The number of esters is 1. The number of rotatable bonds is 3. The Morgan fingerprint density at radius 2 is 1.55 bits per heavy atom. The van der Waals surface area contributed by atoms with E-state index in [0.717, 1.165) is 0 Å². The molecule has 0 aliphatic heterocycles. The molecule has 0 aromatic heterocycles. The number of hydrogen-bond donors (Lipinski definition) is 2. The third-order valence-corrected chi connectivity index (χ3v) is 2.63. The van der Waals surface area contributed by atoms with Gasteiger partial charge in [-0.1, -0.05) is 12.1 Å². The number of aromatic hydroxyl groups is 1. The maximum absolute atomic E-state index is 10.8. The molecule has 0 amide bonds. The number of methoxy groups -OCH3 is 2. The fourth-order valence-electron chi connectivity index (χ4n) is 1.54. The molecular weight excluding hydrogens is 288 g/mol. The molecule has 2 rings (SSSR count). The largest absolute Gasteiger partial charge is 0.508 e. The van der Waals surface area contributed by atoms with E-state index in [1.54, 1.807) is 18.2 Å². The summed E-state index contributed by atoms with van der Waals surface area (Å²) in [6.45, 7) is 0. The molecule has 2 aromatic rings. The number of carbonyl (C=O) groups is 2. The van der Waals surface area contributed by atoms with Crippen molar-refractivity contribution in [3.05, 3.63) is 59.7 Å². The van der Waals surface area contributed by atoms with Gasteiger partial charge in [0.15, 0.2) is 0 Å². The lowest BCUT2D eigenvalue weighted by atomic mass is 10.2. The molecule has 6 heteroatoms. The highest BCUT2D eigenvalue weighted by molar-refractivity contribution is 5.90. The maximum atomic E-state index is 10.8. The van der Waals surface area contributed by atoms with Crippen molar-refractivity contribution >= 4 is 11.9 Å². The normalized spacial score (nSPS) is 9.18. The zero-order valence-corrected chi connectivity index (χ0v) is 12.1. The SMILES string of the molecule is COC(=O)c1ccc(O)cc1.COc1ccccc1C(=O)O. The molecule has 0 spiro atoms.